The van der Waals surface area contributed by atoms with Crippen LogP contribution in [0.1, 0.15) is 27.8 Å². The molecule has 1 aliphatic rings. The fourth-order valence-electron chi connectivity index (χ4n) is 8.49. The summed E-state index contributed by atoms with van der Waals surface area (Å²) in [6.07, 6.45) is 0. The number of aromatic nitrogens is 3. The molecule has 0 amide bonds. The normalized spacial score (nSPS) is 12.3. The lowest BCUT2D eigenvalue weighted by Gasteiger charge is -2.34. The average molecular weight is 727 g/mol. The SMILES string of the molecule is N#Cc1ccc(-c2cccc(-c3nc(-c4ccccc4)nc(-c4cccc(-c5cccc6c5-c5ccccc5C6(c5ccccc5)c5ccccc5)c4)n3)c2)cc1. The molecule has 4 heteroatoms. The molecule has 8 aromatic carbocycles. The van der Waals surface area contributed by atoms with Crippen molar-refractivity contribution in [1.82, 2.24) is 15.0 Å². The smallest absolute Gasteiger partial charge is 0.164 e. The van der Waals surface area contributed by atoms with Gasteiger partial charge in [0.1, 0.15) is 0 Å². The average Bonchev–Trinajstić information content (AvgIpc) is 3.61. The van der Waals surface area contributed by atoms with E-state index >= 15 is 0 Å². The van der Waals surface area contributed by atoms with Crippen molar-refractivity contribution in [2.24, 2.45) is 0 Å². The summed E-state index contributed by atoms with van der Waals surface area (Å²) in [5.41, 5.74) is 14.6. The van der Waals surface area contributed by atoms with Crippen LogP contribution in [0.4, 0.5) is 0 Å². The summed E-state index contributed by atoms with van der Waals surface area (Å²) in [5, 5.41) is 9.33. The van der Waals surface area contributed by atoms with Crippen LogP contribution in [0.5, 0.6) is 0 Å². The Bertz CT molecular complexity index is 2910. The lowest BCUT2D eigenvalue weighted by Crippen LogP contribution is -2.28. The maximum atomic E-state index is 9.33. The Morgan fingerprint density at radius 2 is 0.807 bits per heavy atom. The molecule has 0 spiro atoms. The van der Waals surface area contributed by atoms with Crippen LogP contribution in [-0.4, -0.2) is 15.0 Å². The highest BCUT2D eigenvalue weighted by molar-refractivity contribution is 5.96. The van der Waals surface area contributed by atoms with Crippen LogP contribution < -0.4 is 0 Å². The molecule has 1 heterocycles. The third kappa shape index (κ3) is 5.82. The summed E-state index contributed by atoms with van der Waals surface area (Å²) in [5.74, 6) is 1.79. The number of rotatable bonds is 7. The second-order valence-electron chi connectivity index (χ2n) is 14.3. The molecule has 0 aliphatic heterocycles. The summed E-state index contributed by atoms with van der Waals surface area (Å²) in [6.45, 7) is 0. The molecule has 266 valence electrons. The second-order valence-corrected chi connectivity index (χ2v) is 14.3. The zero-order valence-electron chi connectivity index (χ0n) is 30.9. The Morgan fingerprint density at radius 3 is 1.44 bits per heavy atom. The van der Waals surface area contributed by atoms with Crippen LogP contribution in [0, 0.1) is 11.3 Å². The number of nitrogens with zero attached hydrogens (tertiary/aromatic N) is 4. The molecular formula is C53H34N4. The van der Waals surface area contributed by atoms with E-state index in [1.54, 1.807) is 0 Å². The molecular weight excluding hydrogens is 693 g/mol. The van der Waals surface area contributed by atoms with Crippen LogP contribution in [0.25, 0.3) is 67.5 Å². The second kappa shape index (κ2) is 14.2. The van der Waals surface area contributed by atoms with Gasteiger partial charge in [-0.05, 0) is 79.9 Å². The minimum Gasteiger partial charge on any atom is -0.208 e. The van der Waals surface area contributed by atoms with Crippen LogP contribution in [0.2, 0.25) is 0 Å². The van der Waals surface area contributed by atoms with Gasteiger partial charge in [-0.1, -0.05) is 182 Å². The quantitative estimate of drug-likeness (QED) is 0.164. The minimum atomic E-state index is -0.484. The lowest BCUT2D eigenvalue weighted by molar-refractivity contribution is 0.768. The van der Waals surface area contributed by atoms with Crippen LogP contribution in [-0.2, 0) is 5.41 Å². The standard InChI is InChI=1S/C53H34N4/c54-35-36-29-31-37(32-30-36)39-17-12-19-41(33-39)51-55-50(38-15-4-1-5-16-38)56-52(57-51)42-20-13-18-40(34-42)45-26-14-28-48-49(45)46-25-10-11-27-47(46)53(48,43-21-6-2-7-22-43)44-23-8-3-9-24-44/h1-34H. The molecule has 0 bridgehead atoms. The fourth-order valence-corrected chi connectivity index (χ4v) is 8.49. The molecule has 9 aromatic rings. The monoisotopic (exact) mass is 726 g/mol. The van der Waals surface area contributed by atoms with Crippen LogP contribution in [0.3, 0.4) is 0 Å². The highest BCUT2D eigenvalue weighted by atomic mass is 15.0. The van der Waals surface area contributed by atoms with Gasteiger partial charge in [0.25, 0.3) is 0 Å². The lowest BCUT2D eigenvalue weighted by atomic mass is 9.67. The van der Waals surface area contributed by atoms with Gasteiger partial charge in [-0.15, -0.1) is 0 Å². The Kier molecular flexibility index (Phi) is 8.39. The van der Waals surface area contributed by atoms with E-state index < -0.39 is 5.41 Å². The van der Waals surface area contributed by atoms with Gasteiger partial charge in [0.05, 0.1) is 17.0 Å². The van der Waals surface area contributed by atoms with Crippen molar-refractivity contribution in [3.63, 3.8) is 0 Å². The molecule has 0 unspecified atom stereocenters. The Morgan fingerprint density at radius 1 is 0.351 bits per heavy atom. The van der Waals surface area contributed by atoms with E-state index in [9.17, 15) is 5.26 Å². The predicted molar refractivity (Wildman–Crippen MR) is 229 cm³/mol. The minimum absolute atomic E-state index is 0.484. The van der Waals surface area contributed by atoms with Crippen molar-refractivity contribution < 1.29 is 0 Å². The van der Waals surface area contributed by atoms with Gasteiger partial charge in [0, 0.05) is 16.7 Å². The van der Waals surface area contributed by atoms with E-state index in [4.69, 9.17) is 15.0 Å². The van der Waals surface area contributed by atoms with Gasteiger partial charge in [-0.25, -0.2) is 15.0 Å². The van der Waals surface area contributed by atoms with Crippen molar-refractivity contribution in [2.75, 3.05) is 0 Å². The van der Waals surface area contributed by atoms with Gasteiger partial charge in [0.15, 0.2) is 17.5 Å². The van der Waals surface area contributed by atoms with Crippen molar-refractivity contribution in [3.8, 4) is 73.6 Å². The molecule has 0 saturated heterocycles. The maximum absolute atomic E-state index is 9.33. The van der Waals surface area contributed by atoms with Gasteiger partial charge in [-0.3, -0.25) is 0 Å². The number of hydrogen-bond acceptors (Lipinski definition) is 4. The van der Waals surface area contributed by atoms with E-state index in [0.29, 0.717) is 23.0 Å². The molecule has 0 radical (unpaired) electrons. The first-order valence-corrected chi connectivity index (χ1v) is 19.1. The first-order valence-electron chi connectivity index (χ1n) is 19.1. The summed E-state index contributed by atoms with van der Waals surface area (Å²) in [7, 11) is 0. The molecule has 1 aromatic heterocycles. The van der Waals surface area contributed by atoms with Crippen molar-refractivity contribution in [3.05, 3.63) is 234 Å². The number of nitriles is 1. The molecule has 0 saturated carbocycles. The molecule has 0 fully saturated rings. The van der Waals surface area contributed by atoms with Gasteiger partial charge in [0.2, 0.25) is 0 Å². The maximum Gasteiger partial charge on any atom is 0.164 e. The molecule has 0 atom stereocenters. The Balaban J connectivity index is 1.14. The fraction of sp³-hybridized carbons (Fsp3) is 0.0189. The number of fused-ring (bicyclic) bond motifs is 3. The van der Waals surface area contributed by atoms with Gasteiger partial charge in [-0.2, -0.15) is 5.26 Å². The van der Waals surface area contributed by atoms with Crippen molar-refractivity contribution in [2.45, 2.75) is 5.41 Å². The third-order valence-corrected chi connectivity index (χ3v) is 11.0. The van der Waals surface area contributed by atoms with Crippen molar-refractivity contribution >= 4 is 0 Å². The largest absolute Gasteiger partial charge is 0.208 e. The molecule has 4 nitrogen and oxygen atoms in total. The number of hydrogen-bond donors (Lipinski definition) is 0. The van der Waals surface area contributed by atoms with E-state index in [1.165, 1.54) is 33.4 Å². The summed E-state index contributed by atoms with van der Waals surface area (Å²) < 4.78 is 0. The van der Waals surface area contributed by atoms with Crippen LogP contribution >= 0.6 is 0 Å². The predicted octanol–water partition coefficient (Wildman–Crippen LogP) is 12.4. The van der Waals surface area contributed by atoms with Crippen molar-refractivity contribution in [1.29, 1.82) is 5.26 Å². The van der Waals surface area contributed by atoms with E-state index in [2.05, 4.69) is 146 Å². The van der Waals surface area contributed by atoms with E-state index in [0.717, 1.165) is 38.9 Å². The highest BCUT2D eigenvalue weighted by Gasteiger charge is 2.46. The first kappa shape index (κ1) is 33.8. The first-order chi connectivity index (χ1) is 28.2. The van der Waals surface area contributed by atoms with E-state index in [1.807, 2.05) is 66.7 Å². The molecule has 1 aliphatic carbocycles. The molecule has 57 heavy (non-hydrogen) atoms. The number of benzene rings is 8. The summed E-state index contributed by atoms with van der Waals surface area (Å²) in [4.78, 5) is 15.3. The molecule has 0 N–H and O–H groups in total. The van der Waals surface area contributed by atoms with Crippen LogP contribution in [0.15, 0.2) is 206 Å². The van der Waals surface area contributed by atoms with E-state index in [-0.39, 0.29) is 0 Å². The summed E-state index contributed by atoms with van der Waals surface area (Å²) >= 11 is 0. The molecule has 10 rings (SSSR count). The summed E-state index contributed by atoms with van der Waals surface area (Å²) in [6, 6.07) is 74.1. The Labute approximate surface area is 332 Å². The van der Waals surface area contributed by atoms with Gasteiger partial charge < -0.3 is 0 Å². The zero-order chi connectivity index (χ0) is 38.2. The Hall–Kier alpha value is -7.74. The van der Waals surface area contributed by atoms with Gasteiger partial charge >= 0.3 is 0 Å². The topological polar surface area (TPSA) is 62.5 Å². The zero-order valence-corrected chi connectivity index (χ0v) is 30.9. The highest BCUT2D eigenvalue weighted by Crippen LogP contribution is 2.58. The third-order valence-electron chi connectivity index (χ3n) is 11.0.